The molecule has 0 unspecified atom stereocenters. The predicted molar refractivity (Wildman–Crippen MR) is 70.4 cm³/mol. The summed E-state index contributed by atoms with van der Waals surface area (Å²) in [4.78, 5) is 45.2. The third-order valence-electron chi connectivity index (χ3n) is 3.12. The van der Waals surface area contributed by atoms with Gasteiger partial charge in [-0.25, -0.2) is 0 Å². The minimum Gasteiger partial charge on any atom is -0.481 e. The Balaban J connectivity index is 2.65. The second-order valence-electron chi connectivity index (χ2n) is 4.88. The predicted octanol–water partition coefficient (Wildman–Crippen LogP) is -1.71. The molecule has 1 aliphatic heterocycles. The van der Waals surface area contributed by atoms with E-state index < -0.39 is 48.3 Å². The fourth-order valence-electron chi connectivity index (χ4n) is 1.94. The molecule has 9 heteroatoms. The van der Waals surface area contributed by atoms with Gasteiger partial charge >= 0.3 is 11.9 Å². The first kappa shape index (κ1) is 16.9. The van der Waals surface area contributed by atoms with Crippen LogP contribution in [0, 0.1) is 0 Å². The molecular formula is C12H19N3O6. The minimum absolute atomic E-state index is 0.453. The van der Waals surface area contributed by atoms with Gasteiger partial charge in [-0.2, -0.15) is 0 Å². The molecule has 0 aliphatic carbocycles. The molecule has 0 aromatic carbocycles. The van der Waals surface area contributed by atoms with E-state index in [9.17, 15) is 19.2 Å². The maximum Gasteiger partial charge on any atom is 0.325 e. The monoisotopic (exact) mass is 301 g/mol. The lowest BCUT2D eigenvalue weighted by atomic mass is 10.1. The molecule has 0 aromatic rings. The van der Waals surface area contributed by atoms with Gasteiger partial charge in [0.1, 0.15) is 12.1 Å². The highest BCUT2D eigenvalue weighted by Crippen LogP contribution is 2.06. The Hall–Kier alpha value is -2.16. The van der Waals surface area contributed by atoms with Crippen molar-refractivity contribution >= 4 is 23.8 Å². The first-order valence-electron chi connectivity index (χ1n) is 6.60. The molecule has 0 spiro atoms. The largest absolute Gasteiger partial charge is 0.481 e. The number of hydrogen-bond donors (Lipinski definition) is 5. The standard InChI is InChI=1S/C12H19N3O6/c1-6(12(20)21)14-11(19)8(5-9(16)17)15-10(18)7-3-2-4-13-7/h6-8,13H,2-5H2,1H3,(H,14,19)(H,15,18)(H,16,17)(H,20,21)/t6-,7-,8-/m0/s1. The summed E-state index contributed by atoms with van der Waals surface area (Å²) >= 11 is 0. The van der Waals surface area contributed by atoms with Crippen molar-refractivity contribution in [2.24, 2.45) is 0 Å². The molecule has 5 N–H and O–H groups in total. The number of hydrogen-bond acceptors (Lipinski definition) is 5. The molecule has 0 bridgehead atoms. The van der Waals surface area contributed by atoms with Crippen LogP contribution in [0.5, 0.6) is 0 Å². The van der Waals surface area contributed by atoms with Crippen LogP contribution < -0.4 is 16.0 Å². The summed E-state index contributed by atoms with van der Waals surface area (Å²) in [5.41, 5.74) is 0. The number of carboxylic acids is 2. The fraction of sp³-hybridized carbons (Fsp3) is 0.667. The highest BCUT2D eigenvalue weighted by atomic mass is 16.4. The van der Waals surface area contributed by atoms with E-state index in [2.05, 4.69) is 16.0 Å². The van der Waals surface area contributed by atoms with Crippen molar-refractivity contribution in [3.05, 3.63) is 0 Å². The Kier molecular flexibility index (Phi) is 6.10. The molecule has 1 saturated heterocycles. The molecule has 1 aliphatic rings. The van der Waals surface area contributed by atoms with Crippen molar-refractivity contribution in [2.75, 3.05) is 6.54 Å². The molecule has 21 heavy (non-hydrogen) atoms. The van der Waals surface area contributed by atoms with E-state index in [0.717, 1.165) is 6.42 Å². The van der Waals surface area contributed by atoms with Crippen molar-refractivity contribution < 1.29 is 29.4 Å². The topological polar surface area (TPSA) is 145 Å². The van der Waals surface area contributed by atoms with Gasteiger partial charge in [0.05, 0.1) is 12.5 Å². The van der Waals surface area contributed by atoms with Crippen molar-refractivity contribution in [1.29, 1.82) is 0 Å². The fourth-order valence-corrected chi connectivity index (χ4v) is 1.94. The zero-order valence-electron chi connectivity index (χ0n) is 11.6. The van der Waals surface area contributed by atoms with Crippen LogP contribution in [0.1, 0.15) is 26.2 Å². The summed E-state index contributed by atoms with van der Waals surface area (Å²) < 4.78 is 0. The van der Waals surface area contributed by atoms with Crippen molar-refractivity contribution in [3.8, 4) is 0 Å². The van der Waals surface area contributed by atoms with Crippen molar-refractivity contribution in [2.45, 2.75) is 44.3 Å². The van der Waals surface area contributed by atoms with E-state index in [-0.39, 0.29) is 0 Å². The summed E-state index contributed by atoms with van der Waals surface area (Å²) in [6.45, 7) is 1.93. The summed E-state index contributed by atoms with van der Waals surface area (Å²) in [6, 6.07) is -2.93. The van der Waals surface area contributed by atoms with Crippen molar-refractivity contribution in [3.63, 3.8) is 0 Å². The molecule has 9 nitrogen and oxygen atoms in total. The van der Waals surface area contributed by atoms with E-state index in [4.69, 9.17) is 10.2 Å². The first-order valence-corrected chi connectivity index (χ1v) is 6.60. The zero-order chi connectivity index (χ0) is 16.0. The van der Waals surface area contributed by atoms with Crippen LogP contribution in [0.25, 0.3) is 0 Å². The summed E-state index contributed by atoms with van der Waals surface area (Å²) in [7, 11) is 0. The van der Waals surface area contributed by atoms with Gasteiger partial charge in [-0.3, -0.25) is 19.2 Å². The van der Waals surface area contributed by atoms with Gasteiger partial charge in [-0.15, -0.1) is 0 Å². The van der Waals surface area contributed by atoms with E-state index in [1.807, 2.05) is 0 Å². The maximum atomic E-state index is 11.9. The number of aliphatic carboxylic acids is 2. The van der Waals surface area contributed by atoms with Gasteiger partial charge in [-0.05, 0) is 26.3 Å². The van der Waals surface area contributed by atoms with Crippen LogP contribution in [0.2, 0.25) is 0 Å². The number of nitrogens with one attached hydrogen (secondary N) is 3. The normalized spacial score (nSPS) is 20.3. The van der Waals surface area contributed by atoms with Gasteiger partial charge in [0.2, 0.25) is 11.8 Å². The first-order chi connectivity index (χ1) is 9.81. The van der Waals surface area contributed by atoms with Gasteiger partial charge in [0, 0.05) is 0 Å². The van der Waals surface area contributed by atoms with Crippen LogP contribution in [-0.2, 0) is 19.2 Å². The Morgan fingerprint density at radius 2 is 1.90 bits per heavy atom. The van der Waals surface area contributed by atoms with Gasteiger partial charge in [-0.1, -0.05) is 0 Å². The number of carboxylic acid groups (broad SMARTS) is 2. The lowest BCUT2D eigenvalue weighted by Gasteiger charge is -2.20. The summed E-state index contributed by atoms with van der Waals surface area (Å²) in [5.74, 6) is -3.81. The number of rotatable bonds is 7. The molecule has 118 valence electrons. The van der Waals surface area contributed by atoms with E-state index >= 15 is 0 Å². The van der Waals surface area contributed by atoms with Crippen LogP contribution >= 0.6 is 0 Å². The molecule has 1 heterocycles. The van der Waals surface area contributed by atoms with E-state index in [0.29, 0.717) is 13.0 Å². The van der Waals surface area contributed by atoms with E-state index in [1.165, 1.54) is 6.92 Å². The van der Waals surface area contributed by atoms with Crippen molar-refractivity contribution in [1.82, 2.24) is 16.0 Å². The highest BCUT2D eigenvalue weighted by molar-refractivity contribution is 5.93. The van der Waals surface area contributed by atoms with Gasteiger partial charge < -0.3 is 26.2 Å². The van der Waals surface area contributed by atoms with Crippen LogP contribution in [0.4, 0.5) is 0 Å². The molecule has 1 fully saturated rings. The molecule has 2 amide bonds. The lowest BCUT2D eigenvalue weighted by Crippen LogP contribution is -2.54. The molecule has 0 saturated carbocycles. The average molecular weight is 301 g/mol. The number of carbonyl (C=O) groups is 4. The highest BCUT2D eigenvalue weighted by Gasteiger charge is 2.30. The van der Waals surface area contributed by atoms with E-state index in [1.54, 1.807) is 0 Å². The molecule has 0 aromatic heterocycles. The minimum atomic E-state index is -1.31. The maximum absolute atomic E-state index is 11.9. The third kappa shape index (κ3) is 5.38. The second-order valence-corrected chi connectivity index (χ2v) is 4.88. The Morgan fingerprint density at radius 1 is 1.24 bits per heavy atom. The zero-order valence-corrected chi connectivity index (χ0v) is 11.6. The Labute approximate surface area is 121 Å². The molecular weight excluding hydrogens is 282 g/mol. The van der Waals surface area contributed by atoms with Crippen LogP contribution in [-0.4, -0.2) is 58.6 Å². The quantitative estimate of drug-likeness (QED) is 0.376. The van der Waals surface area contributed by atoms with Crippen LogP contribution in [0.3, 0.4) is 0 Å². The Morgan fingerprint density at radius 3 is 2.38 bits per heavy atom. The molecule has 1 rings (SSSR count). The summed E-state index contributed by atoms with van der Waals surface area (Å²) in [6.07, 6.45) is 0.819. The third-order valence-corrected chi connectivity index (χ3v) is 3.12. The van der Waals surface area contributed by atoms with Crippen LogP contribution in [0.15, 0.2) is 0 Å². The number of amides is 2. The second kappa shape index (κ2) is 7.58. The Bertz CT molecular complexity index is 433. The molecule has 3 atom stereocenters. The average Bonchev–Trinajstić information content (AvgIpc) is 2.90. The van der Waals surface area contributed by atoms with Gasteiger partial charge in [0.25, 0.3) is 0 Å². The van der Waals surface area contributed by atoms with Gasteiger partial charge in [0.15, 0.2) is 0 Å². The smallest absolute Gasteiger partial charge is 0.325 e. The lowest BCUT2D eigenvalue weighted by molar-refractivity contribution is -0.143. The number of carbonyl (C=O) groups excluding carboxylic acids is 2. The SMILES string of the molecule is C[C@H](NC(=O)[C@H](CC(=O)O)NC(=O)[C@@H]1CCCN1)C(=O)O. The summed E-state index contributed by atoms with van der Waals surface area (Å²) in [5, 5.41) is 24.9. The molecule has 0 radical (unpaired) electrons.